The molecular formula is C22H26N2O4. The molecule has 1 heterocycles. The van der Waals surface area contributed by atoms with Gasteiger partial charge >= 0.3 is 0 Å². The Hall–Kier alpha value is -2.86. The SMILES string of the molecule is COc1ccc(C(=O)CCC(=O)N2CCNCC2c2ccccc2OC)cc1. The van der Waals surface area contributed by atoms with Crippen molar-refractivity contribution in [2.45, 2.75) is 18.9 Å². The van der Waals surface area contributed by atoms with Gasteiger partial charge in [0.15, 0.2) is 5.78 Å². The first-order chi connectivity index (χ1) is 13.6. The van der Waals surface area contributed by atoms with Crippen LogP contribution in [0.4, 0.5) is 0 Å². The van der Waals surface area contributed by atoms with Crippen LogP contribution in [0.3, 0.4) is 0 Å². The van der Waals surface area contributed by atoms with Crippen LogP contribution in [-0.4, -0.2) is 50.4 Å². The lowest BCUT2D eigenvalue weighted by Crippen LogP contribution is -2.48. The molecule has 0 saturated carbocycles. The molecule has 0 spiro atoms. The summed E-state index contributed by atoms with van der Waals surface area (Å²) in [4.78, 5) is 27.2. The van der Waals surface area contributed by atoms with E-state index >= 15 is 0 Å². The normalized spacial score (nSPS) is 16.5. The van der Waals surface area contributed by atoms with Gasteiger partial charge in [-0.15, -0.1) is 0 Å². The third-order valence-corrected chi connectivity index (χ3v) is 5.04. The topological polar surface area (TPSA) is 67.9 Å². The molecule has 3 rings (SSSR count). The molecular weight excluding hydrogens is 356 g/mol. The summed E-state index contributed by atoms with van der Waals surface area (Å²) in [5.74, 6) is 1.41. The van der Waals surface area contributed by atoms with Gasteiger partial charge in [0.2, 0.25) is 5.91 Å². The van der Waals surface area contributed by atoms with Crippen LogP contribution in [-0.2, 0) is 4.79 Å². The highest BCUT2D eigenvalue weighted by Crippen LogP contribution is 2.30. The number of Topliss-reactive ketones (excluding diaryl/α,β-unsaturated/α-hetero) is 1. The highest BCUT2D eigenvalue weighted by Gasteiger charge is 2.29. The van der Waals surface area contributed by atoms with Crippen molar-refractivity contribution in [3.8, 4) is 11.5 Å². The Morgan fingerprint density at radius 3 is 2.50 bits per heavy atom. The van der Waals surface area contributed by atoms with E-state index in [0.29, 0.717) is 24.4 Å². The second-order valence-corrected chi connectivity index (χ2v) is 6.70. The van der Waals surface area contributed by atoms with E-state index in [1.54, 1.807) is 38.5 Å². The second-order valence-electron chi connectivity index (χ2n) is 6.70. The first kappa shape index (κ1) is 19.9. The van der Waals surface area contributed by atoms with Gasteiger partial charge in [0, 0.05) is 43.6 Å². The Morgan fingerprint density at radius 1 is 1.04 bits per heavy atom. The smallest absolute Gasteiger partial charge is 0.223 e. The molecule has 1 aliphatic rings. The summed E-state index contributed by atoms with van der Waals surface area (Å²) in [5, 5.41) is 3.34. The molecule has 1 saturated heterocycles. The molecule has 28 heavy (non-hydrogen) atoms. The maximum atomic E-state index is 12.9. The molecule has 1 atom stereocenters. The zero-order valence-corrected chi connectivity index (χ0v) is 16.3. The Balaban J connectivity index is 1.66. The fraction of sp³-hybridized carbons (Fsp3) is 0.364. The molecule has 0 aromatic heterocycles. The van der Waals surface area contributed by atoms with Crippen LogP contribution >= 0.6 is 0 Å². The van der Waals surface area contributed by atoms with Gasteiger partial charge in [-0.05, 0) is 30.3 Å². The number of benzene rings is 2. The predicted molar refractivity (Wildman–Crippen MR) is 107 cm³/mol. The predicted octanol–water partition coefficient (Wildman–Crippen LogP) is 2.84. The van der Waals surface area contributed by atoms with E-state index in [4.69, 9.17) is 9.47 Å². The summed E-state index contributed by atoms with van der Waals surface area (Å²) in [7, 11) is 3.22. The van der Waals surface area contributed by atoms with E-state index in [1.165, 1.54) is 0 Å². The van der Waals surface area contributed by atoms with Crippen LogP contribution < -0.4 is 14.8 Å². The number of carbonyl (C=O) groups is 2. The van der Waals surface area contributed by atoms with Crippen LogP contribution in [0.25, 0.3) is 0 Å². The van der Waals surface area contributed by atoms with Gasteiger partial charge in [0.25, 0.3) is 0 Å². The van der Waals surface area contributed by atoms with Gasteiger partial charge in [-0.25, -0.2) is 0 Å². The molecule has 1 fully saturated rings. The van der Waals surface area contributed by atoms with E-state index in [1.807, 2.05) is 29.2 Å². The fourth-order valence-corrected chi connectivity index (χ4v) is 3.51. The van der Waals surface area contributed by atoms with Crippen molar-refractivity contribution in [3.05, 3.63) is 59.7 Å². The van der Waals surface area contributed by atoms with E-state index in [9.17, 15) is 9.59 Å². The fourth-order valence-electron chi connectivity index (χ4n) is 3.51. The van der Waals surface area contributed by atoms with Crippen molar-refractivity contribution in [1.29, 1.82) is 0 Å². The van der Waals surface area contributed by atoms with Crippen LogP contribution in [0.15, 0.2) is 48.5 Å². The van der Waals surface area contributed by atoms with Gasteiger partial charge in [-0.2, -0.15) is 0 Å². The molecule has 1 amide bonds. The summed E-state index contributed by atoms with van der Waals surface area (Å²) < 4.78 is 10.6. The number of ketones is 1. The van der Waals surface area contributed by atoms with E-state index < -0.39 is 0 Å². The molecule has 1 N–H and O–H groups in total. The Labute approximate surface area is 165 Å². The lowest BCUT2D eigenvalue weighted by atomic mass is 10.0. The molecule has 1 unspecified atom stereocenters. The van der Waals surface area contributed by atoms with Crippen molar-refractivity contribution in [2.24, 2.45) is 0 Å². The van der Waals surface area contributed by atoms with Crippen molar-refractivity contribution in [1.82, 2.24) is 10.2 Å². The second kappa shape index (κ2) is 9.37. The maximum absolute atomic E-state index is 12.9. The molecule has 0 bridgehead atoms. The number of nitrogens with zero attached hydrogens (tertiary/aromatic N) is 1. The molecule has 148 valence electrons. The van der Waals surface area contributed by atoms with Crippen LogP contribution in [0.5, 0.6) is 11.5 Å². The van der Waals surface area contributed by atoms with Crippen LogP contribution in [0, 0.1) is 0 Å². The van der Waals surface area contributed by atoms with Gasteiger partial charge in [0.05, 0.1) is 20.3 Å². The molecule has 2 aromatic carbocycles. The third-order valence-electron chi connectivity index (χ3n) is 5.04. The number of hydrogen-bond acceptors (Lipinski definition) is 5. The van der Waals surface area contributed by atoms with Gasteiger partial charge in [0.1, 0.15) is 11.5 Å². The summed E-state index contributed by atoms with van der Waals surface area (Å²) in [6.45, 7) is 2.01. The zero-order chi connectivity index (χ0) is 19.9. The minimum Gasteiger partial charge on any atom is -0.497 e. The molecule has 1 aliphatic heterocycles. The number of nitrogens with one attached hydrogen (secondary N) is 1. The van der Waals surface area contributed by atoms with Crippen molar-refractivity contribution < 1.29 is 19.1 Å². The highest BCUT2D eigenvalue weighted by molar-refractivity contribution is 5.98. The summed E-state index contributed by atoms with van der Waals surface area (Å²) in [6, 6.07) is 14.6. The molecule has 2 aromatic rings. The molecule has 6 heteroatoms. The van der Waals surface area contributed by atoms with Crippen molar-refractivity contribution >= 4 is 11.7 Å². The monoisotopic (exact) mass is 382 g/mol. The Kier molecular flexibility index (Phi) is 6.66. The van der Waals surface area contributed by atoms with Gasteiger partial charge in [-0.3, -0.25) is 9.59 Å². The minimum absolute atomic E-state index is 0.0146. The lowest BCUT2D eigenvalue weighted by molar-refractivity contribution is -0.134. The largest absolute Gasteiger partial charge is 0.497 e. The Morgan fingerprint density at radius 2 is 1.79 bits per heavy atom. The van der Waals surface area contributed by atoms with E-state index in [0.717, 1.165) is 17.9 Å². The number of carbonyl (C=O) groups excluding carboxylic acids is 2. The number of rotatable bonds is 7. The summed E-state index contributed by atoms with van der Waals surface area (Å²) >= 11 is 0. The van der Waals surface area contributed by atoms with Crippen molar-refractivity contribution in [3.63, 3.8) is 0 Å². The average molecular weight is 382 g/mol. The first-order valence-corrected chi connectivity index (χ1v) is 9.44. The number of ether oxygens (including phenoxy) is 2. The third kappa shape index (κ3) is 4.51. The maximum Gasteiger partial charge on any atom is 0.223 e. The van der Waals surface area contributed by atoms with Gasteiger partial charge < -0.3 is 19.7 Å². The summed E-state index contributed by atoms with van der Waals surface area (Å²) in [5.41, 5.74) is 1.57. The quantitative estimate of drug-likeness (QED) is 0.746. The number of hydrogen-bond donors (Lipinski definition) is 1. The number of piperazine rings is 1. The minimum atomic E-state index is -0.103. The van der Waals surface area contributed by atoms with E-state index in [-0.39, 0.29) is 30.6 Å². The van der Waals surface area contributed by atoms with E-state index in [2.05, 4.69) is 5.32 Å². The van der Waals surface area contributed by atoms with Crippen LogP contribution in [0.1, 0.15) is 34.8 Å². The standard InChI is InChI=1S/C22H26N2O4/c1-27-17-9-7-16(8-10-17)20(25)11-12-22(26)24-14-13-23-15-19(24)18-5-3-4-6-21(18)28-2/h3-10,19,23H,11-15H2,1-2H3. The summed E-state index contributed by atoms with van der Waals surface area (Å²) in [6.07, 6.45) is 0.379. The average Bonchev–Trinajstić information content (AvgIpc) is 2.77. The molecule has 0 radical (unpaired) electrons. The first-order valence-electron chi connectivity index (χ1n) is 9.44. The van der Waals surface area contributed by atoms with Gasteiger partial charge in [-0.1, -0.05) is 18.2 Å². The Bertz CT molecular complexity index is 820. The number of amides is 1. The zero-order valence-electron chi connectivity index (χ0n) is 16.3. The number of para-hydroxylation sites is 1. The number of methoxy groups -OCH3 is 2. The molecule has 6 nitrogen and oxygen atoms in total. The molecule has 0 aliphatic carbocycles. The van der Waals surface area contributed by atoms with Crippen molar-refractivity contribution in [2.75, 3.05) is 33.9 Å². The lowest BCUT2D eigenvalue weighted by Gasteiger charge is -2.37. The van der Waals surface area contributed by atoms with Crippen LogP contribution in [0.2, 0.25) is 0 Å². The highest BCUT2D eigenvalue weighted by atomic mass is 16.5.